The molecular weight excluding hydrogens is 335 g/mol. The number of carbonyl (C=O) groups is 1. The summed E-state index contributed by atoms with van der Waals surface area (Å²) in [6.45, 7) is 0. The predicted molar refractivity (Wildman–Crippen MR) is 81.9 cm³/mol. The largest absolute Gasteiger partial charge is 0.481 e. The van der Waals surface area contributed by atoms with Gasteiger partial charge in [-0.05, 0) is 48.1 Å². The van der Waals surface area contributed by atoms with Crippen molar-refractivity contribution in [2.45, 2.75) is 24.7 Å². The number of aryl methyl sites for hydroxylation is 1. The summed E-state index contributed by atoms with van der Waals surface area (Å²) in [6.07, 6.45) is 1.70. The molecule has 1 unspecified atom stereocenters. The van der Waals surface area contributed by atoms with E-state index < -0.39 is 11.4 Å². The van der Waals surface area contributed by atoms with Gasteiger partial charge in [0.05, 0.1) is 5.41 Å². The third-order valence-corrected chi connectivity index (χ3v) is 5.01. The molecule has 0 amide bonds. The van der Waals surface area contributed by atoms with Crippen molar-refractivity contribution in [3.8, 4) is 0 Å². The smallest absolute Gasteiger partial charge is 0.314 e. The number of aliphatic carboxylic acids is 1. The monoisotopic (exact) mass is 348 g/mol. The fourth-order valence-corrected chi connectivity index (χ4v) is 3.65. The molecule has 1 N–H and O–H groups in total. The second-order valence-electron chi connectivity index (χ2n) is 5.46. The number of rotatable bonds is 3. The molecule has 1 aliphatic carbocycles. The van der Waals surface area contributed by atoms with E-state index in [1.165, 1.54) is 12.1 Å². The average Bonchev–Trinajstić information content (AvgIpc) is 2.82. The first-order chi connectivity index (χ1) is 10.0. The Morgan fingerprint density at radius 1 is 1.29 bits per heavy atom. The summed E-state index contributed by atoms with van der Waals surface area (Å²) in [6, 6.07) is 12.1. The molecule has 0 saturated carbocycles. The summed E-state index contributed by atoms with van der Waals surface area (Å²) in [7, 11) is 0. The third-order valence-electron chi connectivity index (χ3n) is 4.27. The minimum atomic E-state index is -0.920. The lowest BCUT2D eigenvalue weighted by molar-refractivity contribution is -0.143. The number of carboxylic acids is 1. The first kappa shape index (κ1) is 14.3. The van der Waals surface area contributed by atoms with Crippen LogP contribution in [-0.4, -0.2) is 11.1 Å². The van der Waals surface area contributed by atoms with E-state index in [9.17, 15) is 14.3 Å². The Bertz CT molecular complexity index is 714. The van der Waals surface area contributed by atoms with Crippen LogP contribution in [0.3, 0.4) is 0 Å². The van der Waals surface area contributed by atoms with Crippen molar-refractivity contribution in [2.24, 2.45) is 0 Å². The van der Waals surface area contributed by atoms with Crippen molar-refractivity contribution in [2.75, 3.05) is 0 Å². The Hall–Kier alpha value is -1.68. The fourth-order valence-electron chi connectivity index (χ4n) is 3.16. The fraction of sp³-hybridized carbons (Fsp3) is 0.235. The van der Waals surface area contributed by atoms with Gasteiger partial charge in [0, 0.05) is 4.47 Å². The van der Waals surface area contributed by atoms with Crippen LogP contribution in [-0.2, 0) is 23.1 Å². The molecule has 1 atom stereocenters. The lowest BCUT2D eigenvalue weighted by Crippen LogP contribution is -2.36. The lowest BCUT2D eigenvalue weighted by Gasteiger charge is -2.26. The first-order valence-electron chi connectivity index (χ1n) is 6.79. The molecule has 21 heavy (non-hydrogen) atoms. The molecule has 0 aromatic heterocycles. The van der Waals surface area contributed by atoms with Crippen molar-refractivity contribution in [1.82, 2.24) is 0 Å². The molecule has 1 aliphatic rings. The van der Waals surface area contributed by atoms with Gasteiger partial charge in [-0.15, -0.1) is 0 Å². The molecule has 0 saturated heterocycles. The molecule has 2 aromatic carbocycles. The summed E-state index contributed by atoms with van der Waals surface area (Å²) in [5, 5.41) is 9.83. The SMILES string of the molecule is O=C(O)C1(Cc2ccc(F)cc2Br)CCc2ccccc21. The van der Waals surface area contributed by atoms with E-state index in [4.69, 9.17) is 0 Å². The summed E-state index contributed by atoms with van der Waals surface area (Å²) < 4.78 is 13.8. The van der Waals surface area contributed by atoms with E-state index >= 15 is 0 Å². The van der Waals surface area contributed by atoms with Crippen LogP contribution in [0.1, 0.15) is 23.1 Å². The summed E-state index contributed by atoms with van der Waals surface area (Å²) in [5.74, 6) is -1.15. The van der Waals surface area contributed by atoms with Crippen molar-refractivity contribution in [1.29, 1.82) is 0 Å². The van der Waals surface area contributed by atoms with Gasteiger partial charge in [-0.1, -0.05) is 46.3 Å². The highest BCUT2D eigenvalue weighted by Gasteiger charge is 2.45. The molecule has 2 aromatic rings. The highest BCUT2D eigenvalue weighted by atomic mass is 79.9. The summed E-state index contributed by atoms with van der Waals surface area (Å²) in [4.78, 5) is 12.0. The highest BCUT2D eigenvalue weighted by Crippen LogP contribution is 2.42. The van der Waals surface area contributed by atoms with E-state index in [0.717, 1.165) is 23.1 Å². The van der Waals surface area contributed by atoms with Gasteiger partial charge in [0.15, 0.2) is 0 Å². The van der Waals surface area contributed by atoms with Gasteiger partial charge in [0.2, 0.25) is 0 Å². The second kappa shape index (κ2) is 5.26. The van der Waals surface area contributed by atoms with Crippen LogP contribution < -0.4 is 0 Å². The van der Waals surface area contributed by atoms with Gasteiger partial charge in [-0.25, -0.2) is 4.39 Å². The number of halogens is 2. The van der Waals surface area contributed by atoms with Crippen LogP contribution in [0.4, 0.5) is 4.39 Å². The predicted octanol–water partition coefficient (Wildman–Crippen LogP) is 4.10. The highest BCUT2D eigenvalue weighted by molar-refractivity contribution is 9.10. The standard InChI is InChI=1S/C17H14BrFO2/c18-15-9-13(19)6-5-12(15)10-17(16(20)21)8-7-11-3-1-2-4-14(11)17/h1-6,9H,7-8,10H2,(H,20,21). The minimum Gasteiger partial charge on any atom is -0.481 e. The van der Waals surface area contributed by atoms with Crippen LogP contribution in [0.15, 0.2) is 46.9 Å². The van der Waals surface area contributed by atoms with E-state index in [-0.39, 0.29) is 5.82 Å². The van der Waals surface area contributed by atoms with Crippen LogP contribution in [0.2, 0.25) is 0 Å². The van der Waals surface area contributed by atoms with E-state index in [1.807, 2.05) is 24.3 Å². The summed E-state index contributed by atoms with van der Waals surface area (Å²) in [5.41, 5.74) is 1.87. The van der Waals surface area contributed by atoms with Crippen molar-refractivity contribution in [3.05, 3.63) is 69.4 Å². The van der Waals surface area contributed by atoms with E-state index in [1.54, 1.807) is 6.07 Å². The molecular formula is C17H14BrFO2. The van der Waals surface area contributed by atoms with Crippen LogP contribution in [0.5, 0.6) is 0 Å². The molecule has 0 fully saturated rings. The second-order valence-corrected chi connectivity index (χ2v) is 6.31. The van der Waals surface area contributed by atoms with Gasteiger partial charge >= 0.3 is 5.97 Å². The Morgan fingerprint density at radius 2 is 2.05 bits per heavy atom. The molecule has 0 radical (unpaired) electrons. The molecule has 0 heterocycles. The molecule has 108 valence electrons. The first-order valence-corrected chi connectivity index (χ1v) is 7.58. The van der Waals surface area contributed by atoms with Crippen LogP contribution >= 0.6 is 15.9 Å². The number of hydrogen-bond acceptors (Lipinski definition) is 1. The van der Waals surface area contributed by atoms with Crippen LogP contribution in [0, 0.1) is 5.82 Å². The van der Waals surface area contributed by atoms with Gasteiger partial charge in [-0.2, -0.15) is 0 Å². The molecule has 4 heteroatoms. The van der Waals surface area contributed by atoms with Crippen molar-refractivity contribution in [3.63, 3.8) is 0 Å². The number of benzene rings is 2. The van der Waals surface area contributed by atoms with Gasteiger partial charge in [0.25, 0.3) is 0 Å². The lowest BCUT2D eigenvalue weighted by atomic mass is 9.76. The topological polar surface area (TPSA) is 37.3 Å². The Morgan fingerprint density at radius 3 is 2.76 bits per heavy atom. The zero-order valence-electron chi connectivity index (χ0n) is 11.3. The number of carboxylic acid groups (broad SMARTS) is 1. The summed E-state index contributed by atoms with van der Waals surface area (Å²) >= 11 is 3.33. The van der Waals surface area contributed by atoms with E-state index in [2.05, 4.69) is 15.9 Å². The Kier molecular flexibility index (Phi) is 3.57. The van der Waals surface area contributed by atoms with Gasteiger partial charge in [-0.3, -0.25) is 4.79 Å². The Balaban J connectivity index is 2.06. The minimum absolute atomic E-state index is 0.332. The Labute approximate surface area is 130 Å². The maximum atomic E-state index is 13.2. The molecule has 2 nitrogen and oxygen atoms in total. The van der Waals surface area contributed by atoms with Crippen molar-refractivity contribution >= 4 is 21.9 Å². The number of hydrogen-bond donors (Lipinski definition) is 1. The zero-order chi connectivity index (χ0) is 15.0. The molecule has 0 bridgehead atoms. The molecule has 0 spiro atoms. The number of fused-ring (bicyclic) bond motifs is 1. The normalized spacial score (nSPS) is 20.3. The third kappa shape index (κ3) is 2.38. The average molecular weight is 349 g/mol. The maximum Gasteiger partial charge on any atom is 0.314 e. The zero-order valence-corrected chi connectivity index (χ0v) is 12.9. The molecule has 3 rings (SSSR count). The van der Waals surface area contributed by atoms with Gasteiger partial charge in [0.1, 0.15) is 5.82 Å². The van der Waals surface area contributed by atoms with Gasteiger partial charge < -0.3 is 5.11 Å². The van der Waals surface area contributed by atoms with E-state index in [0.29, 0.717) is 17.3 Å². The van der Waals surface area contributed by atoms with Crippen molar-refractivity contribution < 1.29 is 14.3 Å². The quantitative estimate of drug-likeness (QED) is 0.906. The maximum absolute atomic E-state index is 13.2. The van der Waals surface area contributed by atoms with Crippen LogP contribution in [0.25, 0.3) is 0 Å². The molecule has 0 aliphatic heterocycles.